The molecule has 0 radical (unpaired) electrons. The first-order valence-electron chi connectivity index (χ1n) is 4.56. The van der Waals surface area contributed by atoms with Crippen LogP contribution in [0.1, 0.15) is 30.9 Å². The van der Waals surface area contributed by atoms with E-state index in [9.17, 15) is 12.3 Å². The van der Waals surface area contributed by atoms with E-state index < -0.39 is 15.1 Å². The van der Waals surface area contributed by atoms with Crippen molar-refractivity contribution in [1.29, 1.82) is 0 Å². The Balaban J connectivity index is 3.18. The maximum absolute atomic E-state index is 12.7. The van der Waals surface area contributed by atoms with E-state index in [1.807, 2.05) is 19.9 Å². The monoisotopic (exact) mass is 228 g/mol. The molecule has 0 fully saturated rings. The largest absolute Gasteiger partial charge is 0.332 e. The average Bonchev–Trinajstić information content (AvgIpc) is 2.15. The zero-order valence-electron chi connectivity index (χ0n) is 8.70. The van der Waals surface area contributed by atoms with Crippen molar-refractivity contribution in [3.63, 3.8) is 0 Å². The molecule has 0 bridgehead atoms. The van der Waals surface area contributed by atoms with Crippen molar-refractivity contribution in [3.8, 4) is 0 Å². The summed E-state index contributed by atoms with van der Waals surface area (Å²) < 4.78 is 34.0. The van der Waals surface area contributed by atoms with Gasteiger partial charge in [-0.2, -0.15) is 8.42 Å². The van der Waals surface area contributed by atoms with E-state index >= 15 is 0 Å². The molecule has 0 unspecified atom stereocenters. The Morgan fingerprint density at radius 1 is 1.40 bits per heavy atom. The lowest BCUT2D eigenvalue weighted by Gasteiger charge is -2.07. The number of benzene rings is 1. The molecule has 15 heavy (non-hydrogen) atoms. The highest BCUT2D eigenvalue weighted by atomic mass is 32.3. The maximum atomic E-state index is 12.7. The molecule has 0 aliphatic carbocycles. The molecule has 0 heterocycles. The van der Waals surface area contributed by atoms with Crippen molar-refractivity contribution in [2.45, 2.75) is 19.8 Å². The van der Waals surface area contributed by atoms with Crippen molar-refractivity contribution in [2.75, 3.05) is 0 Å². The third kappa shape index (κ3) is 2.89. The second-order valence-corrected chi connectivity index (χ2v) is 5.01. The molecular weight excluding hydrogens is 215 g/mol. The molecule has 4 heteroatoms. The van der Waals surface area contributed by atoms with E-state index in [2.05, 4.69) is 6.58 Å². The van der Waals surface area contributed by atoms with E-state index in [0.717, 1.165) is 5.56 Å². The molecule has 0 aliphatic heterocycles. The van der Waals surface area contributed by atoms with E-state index in [1.165, 1.54) is 6.07 Å². The lowest BCUT2D eigenvalue weighted by atomic mass is 10.0. The molecule has 82 valence electrons. The predicted molar refractivity (Wildman–Crippen MR) is 59.6 cm³/mol. The van der Waals surface area contributed by atoms with Crippen LogP contribution in [0.2, 0.25) is 0 Å². The summed E-state index contributed by atoms with van der Waals surface area (Å²) in [6, 6.07) is 6.74. The van der Waals surface area contributed by atoms with Crippen LogP contribution in [0.15, 0.2) is 30.8 Å². The van der Waals surface area contributed by atoms with Gasteiger partial charge in [-0.1, -0.05) is 44.7 Å². The molecule has 1 rings (SSSR count). The van der Waals surface area contributed by atoms with Crippen molar-refractivity contribution in [1.82, 2.24) is 0 Å². The normalized spacial score (nSPS) is 11.7. The van der Waals surface area contributed by atoms with Crippen LogP contribution in [0.5, 0.6) is 0 Å². The van der Waals surface area contributed by atoms with Gasteiger partial charge in [0.2, 0.25) is 0 Å². The van der Waals surface area contributed by atoms with Gasteiger partial charge in [-0.15, -0.1) is 3.89 Å². The highest BCUT2D eigenvalue weighted by molar-refractivity contribution is 7.95. The Morgan fingerprint density at radius 2 is 2.00 bits per heavy atom. The van der Waals surface area contributed by atoms with E-state index in [0.29, 0.717) is 5.56 Å². The minimum absolute atomic E-state index is 0.264. The van der Waals surface area contributed by atoms with E-state index in [4.69, 9.17) is 0 Å². The molecule has 1 aromatic rings. The SMILES string of the molecule is C=C(c1cccc(C(C)C)c1)S(=O)(=O)F. The zero-order chi connectivity index (χ0) is 11.6. The fourth-order valence-corrected chi connectivity index (χ4v) is 1.62. The number of halogens is 1. The van der Waals surface area contributed by atoms with Gasteiger partial charge < -0.3 is 0 Å². The van der Waals surface area contributed by atoms with E-state index in [-0.39, 0.29) is 5.92 Å². The number of hydrogen-bond acceptors (Lipinski definition) is 2. The topological polar surface area (TPSA) is 34.1 Å². The third-order valence-corrected chi connectivity index (χ3v) is 2.99. The van der Waals surface area contributed by atoms with Crippen molar-refractivity contribution >= 4 is 15.1 Å². The molecule has 0 N–H and O–H groups in total. The standard InChI is InChI=1S/C11H13FO2S/c1-8(2)10-5-4-6-11(7-10)9(3)15(12,13)14/h4-8H,3H2,1-2H3. The van der Waals surface area contributed by atoms with Gasteiger partial charge in [-0.3, -0.25) is 0 Å². The Bertz CT molecular complexity index is 475. The lowest BCUT2D eigenvalue weighted by molar-refractivity contribution is 0.564. The highest BCUT2D eigenvalue weighted by Gasteiger charge is 2.15. The molecule has 2 nitrogen and oxygen atoms in total. The molecule has 0 aliphatic rings. The molecule has 0 atom stereocenters. The summed E-state index contributed by atoms with van der Waals surface area (Å²) in [5.41, 5.74) is 1.26. The summed E-state index contributed by atoms with van der Waals surface area (Å²) in [7, 11) is -4.69. The Hall–Kier alpha value is -1.16. The van der Waals surface area contributed by atoms with Gasteiger partial charge in [-0.05, 0) is 17.0 Å². The first-order chi connectivity index (χ1) is 6.82. The minimum atomic E-state index is -4.69. The summed E-state index contributed by atoms with van der Waals surface area (Å²) in [5.74, 6) is 0.264. The third-order valence-electron chi connectivity index (χ3n) is 2.17. The van der Waals surface area contributed by atoms with Crippen LogP contribution in [-0.4, -0.2) is 8.42 Å². The van der Waals surface area contributed by atoms with Gasteiger partial charge in [0.05, 0.1) is 4.91 Å². The first-order valence-corrected chi connectivity index (χ1v) is 5.94. The van der Waals surface area contributed by atoms with Crippen LogP contribution in [-0.2, 0) is 10.2 Å². The van der Waals surface area contributed by atoms with Crippen LogP contribution in [0.4, 0.5) is 3.89 Å². The van der Waals surface area contributed by atoms with Crippen LogP contribution in [0.3, 0.4) is 0 Å². The number of hydrogen-bond donors (Lipinski definition) is 0. The van der Waals surface area contributed by atoms with Gasteiger partial charge in [0, 0.05) is 0 Å². The number of rotatable bonds is 3. The molecule has 0 spiro atoms. The van der Waals surface area contributed by atoms with Gasteiger partial charge >= 0.3 is 10.2 Å². The van der Waals surface area contributed by atoms with Crippen LogP contribution < -0.4 is 0 Å². The fourth-order valence-electron chi connectivity index (χ4n) is 1.21. The quantitative estimate of drug-likeness (QED) is 0.745. The Morgan fingerprint density at radius 3 is 2.47 bits per heavy atom. The Kier molecular flexibility index (Phi) is 3.29. The first kappa shape index (κ1) is 11.9. The Labute approximate surface area is 89.7 Å². The summed E-state index contributed by atoms with van der Waals surface area (Å²) in [6.45, 7) is 7.19. The van der Waals surface area contributed by atoms with Crippen LogP contribution >= 0.6 is 0 Å². The fraction of sp³-hybridized carbons (Fsp3) is 0.273. The summed E-state index contributed by atoms with van der Waals surface area (Å²) >= 11 is 0. The van der Waals surface area contributed by atoms with Crippen molar-refractivity contribution < 1.29 is 12.3 Å². The van der Waals surface area contributed by atoms with Crippen molar-refractivity contribution in [2.24, 2.45) is 0 Å². The molecule has 1 aromatic carbocycles. The maximum Gasteiger partial charge on any atom is 0.332 e. The van der Waals surface area contributed by atoms with Gasteiger partial charge in [-0.25, -0.2) is 0 Å². The minimum Gasteiger partial charge on any atom is -0.189 e. The average molecular weight is 228 g/mol. The summed E-state index contributed by atoms with van der Waals surface area (Å²) in [6.07, 6.45) is 0. The molecule has 0 saturated heterocycles. The summed E-state index contributed by atoms with van der Waals surface area (Å²) in [4.78, 5) is -0.481. The van der Waals surface area contributed by atoms with Gasteiger partial charge in [0.1, 0.15) is 0 Å². The lowest BCUT2D eigenvalue weighted by Crippen LogP contribution is -1.96. The molecule has 0 saturated carbocycles. The van der Waals surface area contributed by atoms with Crippen molar-refractivity contribution in [3.05, 3.63) is 42.0 Å². The second kappa shape index (κ2) is 4.14. The molecular formula is C11H13FO2S. The summed E-state index contributed by atoms with van der Waals surface area (Å²) in [5, 5.41) is 0. The smallest absolute Gasteiger partial charge is 0.189 e. The van der Waals surface area contributed by atoms with Crippen LogP contribution in [0, 0.1) is 0 Å². The predicted octanol–water partition coefficient (Wildman–Crippen LogP) is 3.08. The zero-order valence-corrected chi connectivity index (χ0v) is 9.51. The van der Waals surface area contributed by atoms with Crippen LogP contribution in [0.25, 0.3) is 4.91 Å². The van der Waals surface area contributed by atoms with Gasteiger partial charge in [0.25, 0.3) is 0 Å². The van der Waals surface area contributed by atoms with Gasteiger partial charge in [0.15, 0.2) is 0 Å². The van der Waals surface area contributed by atoms with E-state index in [1.54, 1.807) is 12.1 Å². The molecule has 0 aromatic heterocycles. The highest BCUT2D eigenvalue weighted by Crippen LogP contribution is 2.24. The molecule has 0 amide bonds. The second-order valence-electron chi connectivity index (χ2n) is 3.64.